The Morgan fingerprint density at radius 2 is 2.29 bits per heavy atom. The molecule has 0 aliphatic heterocycles. The first-order valence-electron chi connectivity index (χ1n) is 6.24. The van der Waals surface area contributed by atoms with Crippen LogP contribution in [-0.2, 0) is 6.42 Å². The molecule has 1 atom stereocenters. The first-order chi connectivity index (χ1) is 8.20. The fourth-order valence-electron chi connectivity index (χ4n) is 2.32. The molecule has 0 saturated heterocycles. The Hall–Kier alpha value is -1.28. The molecule has 0 radical (unpaired) electrons. The van der Waals surface area contributed by atoms with Crippen LogP contribution in [0, 0.1) is 0 Å². The van der Waals surface area contributed by atoms with Crippen LogP contribution >= 0.6 is 0 Å². The second-order valence-electron chi connectivity index (χ2n) is 4.85. The molecule has 0 amide bonds. The highest BCUT2D eigenvalue weighted by Gasteiger charge is 2.21. The lowest BCUT2D eigenvalue weighted by molar-refractivity contribution is 0.413. The van der Waals surface area contributed by atoms with Gasteiger partial charge >= 0.3 is 0 Å². The SMILES string of the molecule is COc1ccc2c(c1)C(NCC=C(C)C)CC2. The largest absolute Gasteiger partial charge is 0.497 e. The maximum absolute atomic E-state index is 5.29. The Labute approximate surface area is 104 Å². The summed E-state index contributed by atoms with van der Waals surface area (Å²) < 4.78 is 5.29. The summed E-state index contributed by atoms with van der Waals surface area (Å²) in [5.41, 5.74) is 4.23. The number of hydrogen-bond acceptors (Lipinski definition) is 2. The van der Waals surface area contributed by atoms with Gasteiger partial charge in [0.2, 0.25) is 0 Å². The van der Waals surface area contributed by atoms with Gasteiger partial charge in [-0.15, -0.1) is 0 Å². The maximum Gasteiger partial charge on any atom is 0.119 e. The highest BCUT2D eigenvalue weighted by Crippen LogP contribution is 2.33. The quantitative estimate of drug-likeness (QED) is 0.803. The molecule has 1 aromatic rings. The summed E-state index contributed by atoms with van der Waals surface area (Å²) in [5, 5.41) is 3.59. The van der Waals surface area contributed by atoms with Crippen molar-refractivity contribution in [1.29, 1.82) is 0 Å². The molecule has 0 spiro atoms. The molecule has 0 bridgehead atoms. The molecule has 0 aromatic heterocycles. The number of aryl methyl sites for hydroxylation is 1. The number of fused-ring (bicyclic) bond motifs is 1. The average molecular weight is 231 g/mol. The van der Waals surface area contributed by atoms with Gasteiger partial charge in [0, 0.05) is 12.6 Å². The standard InChI is InChI=1S/C15H21NO/c1-11(2)8-9-16-15-7-5-12-4-6-13(17-3)10-14(12)15/h4,6,8,10,15-16H,5,7,9H2,1-3H3. The fraction of sp³-hybridized carbons (Fsp3) is 0.467. The number of benzene rings is 1. The number of hydrogen-bond donors (Lipinski definition) is 1. The summed E-state index contributed by atoms with van der Waals surface area (Å²) in [6, 6.07) is 6.90. The summed E-state index contributed by atoms with van der Waals surface area (Å²) in [4.78, 5) is 0. The molecule has 1 aliphatic rings. The van der Waals surface area contributed by atoms with Crippen LogP contribution in [0.4, 0.5) is 0 Å². The zero-order chi connectivity index (χ0) is 12.3. The lowest BCUT2D eigenvalue weighted by atomic mass is 10.1. The molecule has 1 N–H and O–H groups in total. The van der Waals surface area contributed by atoms with Crippen LogP contribution in [0.2, 0.25) is 0 Å². The van der Waals surface area contributed by atoms with Crippen molar-refractivity contribution in [2.24, 2.45) is 0 Å². The van der Waals surface area contributed by atoms with Gasteiger partial charge in [-0.3, -0.25) is 0 Å². The van der Waals surface area contributed by atoms with E-state index in [1.54, 1.807) is 7.11 Å². The molecule has 1 aromatic carbocycles. The number of methoxy groups -OCH3 is 1. The second kappa shape index (κ2) is 5.37. The predicted octanol–water partition coefficient (Wildman–Crippen LogP) is 3.24. The zero-order valence-electron chi connectivity index (χ0n) is 10.9. The van der Waals surface area contributed by atoms with Crippen LogP contribution in [0.5, 0.6) is 5.75 Å². The van der Waals surface area contributed by atoms with Crippen LogP contribution in [-0.4, -0.2) is 13.7 Å². The summed E-state index contributed by atoms with van der Waals surface area (Å²) >= 11 is 0. The van der Waals surface area contributed by atoms with E-state index >= 15 is 0 Å². The van der Waals surface area contributed by atoms with Crippen molar-refractivity contribution in [2.45, 2.75) is 32.7 Å². The molecule has 0 fully saturated rings. The summed E-state index contributed by atoms with van der Waals surface area (Å²) in [6.45, 7) is 5.21. The van der Waals surface area contributed by atoms with E-state index in [1.807, 2.05) is 0 Å². The minimum Gasteiger partial charge on any atom is -0.497 e. The third-order valence-electron chi connectivity index (χ3n) is 3.31. The van der Waals surface area contributed by atoms with Crippen molar-refractivity contribution >= 4 is 0 Å². The molecule has 0 heterocycles. The van der Waals surface area contributed by atoms with Gasteiger partial charge in [0.25, 0.3) is 0 Å². The van der Waals surface area contributed by atoms with Gasteiger partial charge in [-0.25, -0.2) is 0 Å². The molecule has 2 heteroatoms. The smallest absolute Gasteiger partial charge is 0.119 e. The van der Waals surface area contributed by atoms with E-state index in [1.165, 1.54) is 29.5 Å². The van der Waals surface area contributed by atoms with Crippen LogP contribution in [0.15, 0.2) is 29.8 Å². The first kappa shape index (κ1) is 12.2. The normalized spacial score (nSPS) is 17.7. The van der Waals surface area contributed by atoms with E-state index in [2.05, 4.69) is 43.4 Å². The number of nitrogens with one attached hydrogen (secondary N) is 1. The Bertz CT molecular complexity index is 419. The van der Waals surface area contributed by atoms with E-state index in [9.17, 15) is 0 Å². The van der Waals surface area contributed by atoms with Gasteiger partial charge in [-0.05, 0) is 49.9 Å². The molecule has 1 unspecified atom stereocenters. The monoisotopic (exact) mass is 231 g/mol. The van der Waals surface area contributed by atoms with Crippen LogP contribution < -0.4 is 10.1 Å². The zero-order valence-corrected chi connectivity index (χ0v) is 10.9. The van der Waals surface area contributed by atoms with Gasteiger partial charge in [0.05, 0.1) is 7.11 Å². The lowest BCUT2D eigenvalue weighted by Gasteiger charge is -2.13. The summed E-state index contributed by atoms with van der Waals surface area (Å²) in [6.07, 6.45) is 4.60. The van der Waals surface area contributed by atoms with E-state index < -0.39 is 0 Å². The Balaban J connectivity index is 2.07. The second-order valence-corrected chi connectivity index (χ2v) is 4.85. The summed E-state index contributed by atoms with van der Waals surface area (Å²) in [7, 11) is 1.72. The maximum atomic E-state index is 5.29. The number of rotatable bonds is 4. The Kier molecular flexibility index (Phi) is 3.85. The van der Waals surface area contributed by atoms with Crippen molar-refractivity contribution < 1.29 is 4.74 Å². The summed E-state index contributed by atoms with van der Waals surface area (Å²) in [5.74, 6) is 0.958. The third kappa shape index (κ3) is 2.89. The highest BCUT2D eigenvalue weighted by atomic mass is 16.5. The molecule has 92 valence electrons. The van der Waals surface area contributed by atoms with E-state index in [-0.39, 0.29) is 0 Å². The Morgan fingerprint density at radius 1 is 1.47 bits per heavy atom. The lowest BCUT2D eigenvalue weighted by Crippen LogP contribution is -2.19. The number of allylic oxidation sites excluding steroid dienone is 1. The predicted molar refractivity (Wildman–Crippen MR) is 71.5 cm³/mol. The van der Waals surface area contributed by atoms with Gasteiger partial charge in [0.1, 0.15) is 5.75 Å². The van der Waals surface area contributed by atoms with E-state index in [0.717, 1.165) is 12.3 Å². The van der Waals surface area contributed by atoms with Gasteiger partial charge in [-0.1, -0.05) is 17.7 Å². The molecule has 1 aliphatic carbocycles. The molecule has 17 heavy (non-hydrogen) atoms. The van der Waals surface area contributed by atoms with Crippen LogP contribution in [0.3, 0.4) is 0 Å². The molecule has 2 nitrogen and oxygen atoms in total. The molecule has 2 rings (SSSR count). The van der Waals surface area contributed by atoms with Crippen molar-refractivity contribution in [3.63, 3.8) is 0 Å². The highest BCUT2D eigenvalue weighted by molar-refractivity contribution is 5.40. The van der Waals surface area contributed by atoms with Crippen molar-refractivity contribution in [3.05, 3.63) is 41.0 Å². The van der Waals surface area contributed by atoms with Crippen LogP contribution in [0.1, 0.15) is 37.4 Å². The minimum absolute atomic E-state index is 0.482. The van der Waals surface area contributed by atoms with Crippen LogP contribution in [0.25, 0.3) is 0 Å². The van der Waals surface area contributed by atoms with Crippen molar-refractivity contribution in [2.75, 3.05) is 13.7 Å². The van der Waals surface area contributed by atoms with E-state index in [4.69, 9.17) is 4.74 Å². The number of ether oxygens (including phenoxy) is 1. The molecule has 0 saturated carbocycles. The van der Waals surface area contributed by atoms with Crippen molar-refractivity contribution in [3.8, 4) is 5.75 Å². The van der Waals surface area contributed by atoms with Gasteiger partial charge < -0.3 is 10.1 Å². The fourth-order valence-corrected chi connectivity index (χ4v) is 2.32. The topological polar surface area (TPSA) is 21.3 Å². The van der Waals surface area contributed by atoms with Gasteiger partial charge in [-0.2, -0.15) is 0 Å². The minimum atomic E-state index is 0.482. The first-order valence-corrected chi connectivity index (χ1v) is 6.24. The molecular weight excluding hydrogens is 210 g/mol. The Morgan fingerprint density at radius 3 is 3.00 bits per heavy atom. The molecular formula is C15H21NO. The van der Waals surface area contributed by atoms with E-state index in [0.29, 0.717) is 6.04 Å². The van der Waals surface area contributed by atoms with Crippen molar-refractivity contribution in [1.82, 2.24) is 5.32 Å². The van der Waals surface area contributed by atoms with Gasteiger partial charge in [0.15, 0.2) is 0 Å². The third-order valence-corrected chi connectivity index (χ3v) is 3.31. The average Bonchev–Trinajstić information content (AvgIpc) is 2.71.